The van der Waals surface area contributed by atoms with Crippen LogP contribution in [0.15, 0.2) is 42.5 Å². The molecule has 112 valence electrons. The number of aromatic nitrogens is 4. The Kier molecular flexibility index (Phi) is 4.48. The van der Waals surface area contributed by atoms with Gasteiger partial charge in [0.25, 0.3) is 0 Å². The Hall–Kier alpha value is -2.63. The van der Waals surface area contributed by atoms with E-state index in [1.54, 1.807) is 30.9 Å². The summed E-state index contributed by atoms with van der Waals surface area (Å²) >= 11 is 0. The van der Waals surface area contributed by atoms with E-state index >= 15 is 0 Å². The molecule has 1 N–H and O–H groups in total. The lowest BCUT2D eigenvalue weighted by Crippen LogP contribution is -2.15. The van der Waals surface area contributed by atoms with E-state index in [-0.39, 0.29) is 5.91 Å². The Morgan fingerprint density at radius 2 is 2.09 bits per heavy atom. The fourth-order valence-corrected chi connectivity index (χ4v) is 2.43. The number of allylic oxidation sites excluding steroid dienone is 1. The second-order valence-corrected chi connectivity index (χ2v) is 5.19. The van der Waals surface area contributed by atoms with Crippen molar-refractivity contribution in [3.05, 3.63) is 42.5 Å². The zero-order valence-electron chi connectivity index (χ0n) is 12.2. The number of carbonyl (C=O) groups is 1. The second kappa shape index (κ2) is 6.89. The average molecular weight is 295 g/mol. The van der Waals surface area contributed by atoms with Crippen LogP contribution in [0, 0.1) is 0 Å². The number of amides is 1. The number of hydrogen-bond donors (Lipinski definition) is 1. The van der Waals surface area contributed by atoms with Crippen molar-refractivity contribution in [1.82, 2.24) is 19.9 Å². The van der Waals surface area contributed by atoms with Crippen molar-refractivity contribution in [3.8, 4) is 11.4 Å². The molecule has 0 aliphatic heterocycles. The van der Waals surface area contributed by atoms with E-state index in [0.29, 0.717) is 23.8 Å². The molecule has 6 nitrogen and oxygen atoms in total. The molecule has 0 unspecified atom stereocenters. The molecule has 0 aromatic carbocycles. The summed E-state index contributed by atoms with van der Waals surface area (Å²) in [5, 5.41) is 2.75. The normalized spacial score (nSPS) is 14.3. The van der Waals surface area contributed by atoms with Crippen LogP contribution in [0.3, 0.4) is 0 Å². The number of rotatable bonds is 4. The summed E-state index contributed by atoms with van der Waals surface area (Å²) in [5.74, 6) is 0.217. The highest BCUT2D eigenvalue weighted by atomic mass is 16.1. The van der Waals surface area contributed by atoms with Gasteiger partial charge in [0.2, 0.25) is 11.9 Å². The van der Waals surface area contributed by atoms with Crippen LogP contribution in [-0.4, -0.2) is 25.8 Å². The van der Waals surface area contributed by atoms with Crippen LogP contribution in [-0.2, 0) is 4.79 Å². The maximum absolute atomic E-state index is 12.1. The zero-order valence-corrected chi connectivity index (χ0v) is 12.2. The zero-order chi connectivity index (χ0) is 15.2. The Labute approximate surface area is 128 Å². The number of nitrogens with zero attached hydrogens (tertiary/aromatic N) is 4. The lowest BCUT2D eigenvalue weighted by molar-refractivity contribution is -0.115. The Morgan fingerprint density at radius 3 is 2.86 bits per heavy atom. The maximum Gasteiger partial charge on any atom is 0.230 e. The van der Waals surface area contributed by atoms with E-state index in [1.165, 1.54) is 12.0 Å². The molecule has 3 rings (SSSR count). The molecule has 0 bridgehead atoms. The average Bonchev–Trinajstić information content (AvgIpc) is 2.57. The van der Waals surface area contributed by atoms with Crippen LogP contribution in [0.5, 0.6) is 0 Å². The van der Waals surface area contributed by atoms with Crippen LogP contribution in [0.4, 0.5) is 5.95 Å². The molecule has 2 aromatic heterocycles. The van der Waals surface area contributed by atoms with E-state index in [9.17, 15) is 4.79 Å². The monoisotopic (exact) mass is 295 g/mol. The molecule has 1 amide bonds. The quantitative estimate of drug-likeness (QED) is 0.877. The van der Waals surface area contributed by atoms with E-state index in [2.05, 4.69) is 31.3 Å². The van der Waals surface area contributed by atoms with Gasteiger partial charge in [-0.25, -0.2) is 9.97 Å². The van der Waals surface area contributed by atoms with Crippen molar-refractivity contribution in [2.75, 3.05) is 5.32 Å². The third-order valence-corrected chi connectivity index (χ3v) is 3.51. The van der Waals surface area contributed by atoms with Gasteiger partial charge >= 0.3 is 0 Å². The van der Waals surface area contributed by atoms with E-state index in [0.717, 1.165) is 19.3 Å². The molecule has 1 aliphatic rings. The minimum absolute atomic E-state index is 0.0792. The summed E-state index contributed by atoms with van der Waals surface area (Å²) in [7, 11) is 0. The molecule has 2 heterocycles. The fourth-order valence-electron chi connectivity index (χ4n) is 2.43. The number of anilines is 1. The van der Waals surface area contributed by atoms with E-state index < -0.39 is 0 Å². The van der Waals surface area contributed by atoms with Crippen LogP contribution < -0.4 is 5.32 Å². The molecular weight excluding hydrogens is 278 g/mol. The Balaban J connectivity index is 1.67. The highest BCUT2D eigenvalue weighted by molar-refractivity contribution is 5.90. The molecule has 1 aliphatic carbocycles. The molecule has 0 spiro atoms. The Bertz CT molecular complexity index is 684. The standard InChI is InChI=1S/C16H17N5O/c22-15(10-12-4-2-1-3-5-12)21-16-19-7-6-13(20-16)14-11-17-8-9-18-14/h4,6-9,11H,1-3,5,10H2,(H,19,20,21,22). The molecule has 22 heavy (non-hydrogen) atoms. The van der Waals surface area contributed by atoms with Crippen molar-refractivity contribution in [3.63, 3.8) is 0 Å². The van der Waals surface area contributed by atoms with Gasteiger partial charge < -0.3 is 0 Å². The third-order valence-electron chi connectivity index (χ3n) is 3.51. The molecule has 0 radical (unpaired) electrons. The summed E-state index contributed by atoms with van der Waals surface area (Å²) in [4.78, 5) is 28.7. The van der Waals surface area contributed by atoms with Crippen molar-refractivity contribution in [2.45, 2.75) is 32.1 Å². The highest BCUT2D eigenvalue weighted by Gasteiger charge is 2.11. The van der Waals surface area contributed by atoms with E-state index in [4.69, 9.17) is 0 Å². The molecule has 0 fully saturated rings. The second-order valence-electron chi connectivity index (χ2n) is 5.19. The lowest BCUT2D eigenvalue weighted by atomic mass is 9.97. The summed E-state index contributed by atoms with van der Waals surface area (Å²) in [6.45, 7) is 0. The molecule has 0 saturated carbocycles. The first-order valence-corrected chi connectivity index (χ1v) is 7.38. The minimum Gasteiger partial charge on any atom is -0.294 e. The molecule has 6 heteroatoms. The SMILES string of the molecule is O=C(CC1=CCCCC1)Nc1nccc(-c2cnccn2)n1. The minimum atomic E-state index is -0.0792. The Morgan fingerprint density at radius 1 is 1.14 bits per heavy atom. The molecule has 0 atom stereocenters. The first kappa shape index (κ1) is 14.3. The van der Waals surface area contributed by atoms with Crippen molar-refractivity contribution in [2.24, 2.45) is 0 Å². The predicted molar refractivity (Wildman–Crippen MR) is 82.9 cm³/mol. The van der Waals surface area contributed by atoms with Crippen molar-refractivity contribution in [1.29, 1.82) is 0 Å². The number of carbonyl (C=O) groups excluding carboxylic acids is 1. The molecule has 2 aromatic rings. The largest absolute Gasteiger partial charge is 0.294 e. The van der Waals surface area contributed by atoms with Crippen LogP contribution >= 0.6 is 0 Å². The maximum atomic E-state index is 12.1. The van der Waals surface area contributed by atoms with Gasteiger partial charge in [-0.2, -0.15) is 0 Å². The first-order chi connectivity index (χ1) is 10.8. The predicted octanol–water partition coefficient (Wildman–Crippen LogP) is 2.76. The molecular formula is C16H17N5O. The topological polar surface area (TPSA) is 80.7 Å². The lowest BCUT2D eigenvalue weighted by Gasteiger charge is -2.12. The summed E-state index contributed by atoms with van der Waals surface area (Å²) in [6, 6.07) is 1.74. The first-order valence-electron chi connectivity index (χ1n) is 7.38. The van der Waals surface area contributed by atoms with Gasteiger partial charge in [0.05, 0.1) is 11.9 Å². The van der Waals surface area contributed by atoms with Gasteiger partial charge in [-0.15, -0.1) is 0 Å². The van der Waals surface area contributed by atoms with Gasteiger partial charge in [0.15, 0.2) is 0 Å². The van der Waals surface area contributed by atoms with Crippen molar-refractivity contribution < 1.29 is 4.79 Å². The van der Waals surface area contributed by atoms with Gasteiger partial charge in [-0.3, -0.25) is 20.1 Å². The third kappa shape index (κ3) is 3.72. The smallest absolute Gasteiger partial charge is 0.230 e. The number of hydrogen-bond acceptors (Lipinski definition) is 5. The number of nitrogens with one attached hydrogen (secondary N) is 1. The van der Waals surface area contributed by atoms with Gasteiger partial charge in [-0.05, 0) is 31.7 Å². The molecule has 0 saturated heterocycles. The van der Waals surface area contributed by atoms with Gasteiger partial charge in [-0.1, -0.05) is 11.6 Å². The van der Waals surface area contributed by atoms with E-state index in [1.807, 2.05) is 0 Å². The highest BCUT2D eigenvalue weighted by Crippen LogP contribution is 2.20. The fraction of sp³-hybridized carbons (Fsp3) is 0.312. The van der Waals surface area contributed by atoms with Crippen LogP contribution in [0.25, 0.3) is 11.4 Å². The van der Waals surface area contributed by atoms with Gasteiger partial charge in [0, 0.05) is 25.0 Å². The summed E-state index contributed by atoms with van der Waals surface area (Å²) in [6.07, 6.45) is 13.5. The van der Waals surface area contributed by atoms with Gasteiger partial charge in [0.1, 0.15) is 5.69 Å². The van der Waals surface area contributed by atoms with Crippen molar-refractivity contribution >= 4 is 11.9 Å². The van der Waals surface area contributed by atoms with Crippen LogP contribution in [0.1, 0.15) is 32.1 Å². The summed E-state index contributed by atoms with van der Waals surface area (Å²) < 4.78 is 0. The van der Waals surface area contributed by atoms with Crippen LogP contribution in [0.2, 0.25) is 0 Å². The summed E-state index contributed by atoms with van der Waals surface area (Å²) in [5.41, 5.74) is 2.49.